The summed E-state index contributed by atoms with van der Waals surface area (Å²) in [7, 11) is 1.52. The topological polar surface area (TPSA) is 152 Å². The van der Waals surface area contributed by atoms with Gasteiger partial charge in [-0.1, -0.05) is 0 Å². The lowest BCUT2D eigenvalue weighted by Gasteiger charge is -2.34. The van der Waals surface area contributed by atoms with Gasteiger partial charge < -0.3 is 32.0 Å². The number of primary amides is 1. The third kappa shape index (κ3) is 5.56. The maximum atomic E-state index is 13.7. The third-order valence-corrected chi connectivity index (χ3v) is 5.94. The Morgan fingerprint density at radius 3 is 2.46 bits per heavy atom. The summed E-state index contributed by atoms with van der Waals surface area (Å²) in [6.07, 6.45) is -2.08. The first-order valence-electron chi connectivity index (χ1n) is 10.9. The standard InChI is InChI=1S/C22H28F4N8O/c1-31-18(28)17(20(30)35)19(29)33-7-4-12(5-8-33)21-32-16(11-34(21)9-6-27)13-2-3-15(23)14(10-13)22(24,25)26/h2-3,10-12,29,31H,4-9,27-28H2,1H3,(H2,30,35)/b18-17+,29-19?. The lowest BCUT2D eigenvalue weighted by atomic mass is 9.95. The first-order valence-corrected chi connectivity index (χ1v) is 10.9. The van der Waals surface area contributed by atoms with Crippen LogP contribution in [-0.2, 0) is 17.5 Å². The Morgan fingerprint density at radius 2 is 1.91 bits per heavy atom. The molecule has 1 fully saturated rings. The van der Waals surface area contributed by atoms with Crippen LogP contribution in [-0.4, -0.2) is 52.9 Å². The highest BCUT2D eigenvalue weighted by Gasteiger charge is 2.35. The van der Waals surface area contributed by atoms with Crippen molar-refractivity contribution < 1.29 is 22.4 Å². The SMILES string of the molecule is CN/C(N)=C(\C(=N)N1CCC(c2nc(-c3ccc(F)c(C(F)(F)F)c3)cn2CCN)CC1)C(N)=O. The van der Waals surface area contributed by atoms with Crippen molar-refractivity contribution in [1.29, 1.82) is 5.41 Å². The molecular formula is C22H28F4N8O. The number of amidine groups is 1. The molecule has 1 aliphatic rings. The van der Waals surface area contributed by atoms with Gasteiger partial charge in [-0.2, -0.15) is 13.2 Å². The second-order valence-corrected chi connectivity index (χ2v) is 8.17. The molecule has 0 bridgehead atoms. The summed E-state index contributed by atoms with van der Waals surface area (Å²) in [4.78, 5) is 18.1. The van der Waals surface area contributed by atoms with E-state index in [0.29, 0.717) is 44.8 Å². The summed E-state index contributed by atoms with van der Waals surface area (Å²) in [5.74, 6) is -1.66. The number of imidazole rings is 1. The van der Waals surface area contributed by atoms with Crippen LogP contribution in [0.3, 0.4) is 0 Å². The summed E-state index contributed by atoms with van der Waals surface area (Å²) in [6.45, 7) is 1.52. The Labute approximate surface area is 199 Å². The van der Waals surface area contributed by atoms with Gasteiger partial charge in [-0.3, -0.25) is 10.2 Å². The van der Waals surface area contributed by atoms with Crippen molar-refractivity contribution in [2.75, 3.05) is 26.7 Å². The molecule has 0 spiro atoms. The minimum atomic E-state index is -4.82. The third-order valence-electron chi connectivity index (χ3n) is 5.94. The summed E-state index contributed by atoms with van der Waals surface area (Å²) in [5.41, 5.74) is 15.9. The minimum absolute atomic E-state index is 0.00489. The normalized spacial score (nSPS) is 15.7. The second kappa shape index (κ2) is 10.3. The Hall–Kier alpha value is -3.61. The van der Waals surface area contributed by atoms with Gasteiger partial charge in [0.15, 0.2) is 0 Å². The zero-order valence-electron chi connectivity index (χ0n) is 19.1. The van der Waals surface area contributed by atoms with Crippen molar-refractivity contribution in [3.05, 3.63) is 53.0 Å². The van der Waals surface area contributed by atoms with Gasteiger partial charge in [-0.05, 0) is 31.0 Å². The van der Waals surface area contributed by atoms with Crippen molar-refractivity contribution in [2.45, 2.75) is 31.5 Å². The molecule has 0 aliphatic carbocycles. The molecule has 1 aromatic carbocycles. The minimum Gasteiger partial charge on any atom is -0.385 e. The zero-order chi connectivity index (χ0) is 25.9. The molecule has 190 valence electrons. The smallest absolute Gasteiger partial charge is 0.385 e. The predicted octanol–water partition coefficient (Wildman–Crippen LogP) is 1.70. The van der Waals surface area contributed by atoms with E-state index < -0.39 is 23.5 Å². The number of halogens is 4. The molecule has 0 saturated carbocycles. The predicted molar refractivity (Wildman–Crippen MR) is 122 cm³/mol. The quantitative estimate of drug-likeness (QED) is 0.170. The van der Waals surface area contributed by atoms with Crippen LogP contribution < -0.4 is 22.5 Å². The van der Waals surface area contributed by atoms with Crippen LogP contribution >= 0.6 is 0 Å². The maximum Gasteiger partial charge on any atom is 0.419 e. The number of alkyl halides is 3. The van der Waals surface area contributed by atoms with Crippen LogP contribution in [0.15, 0.2) is 35.8 Å². The van der Waals surface area contributed by atoms with E-state index in [2.05, 4.69) is 10.3 Å². The Balaban J connectivity index is 1.85. The van der Waals surface area contributed by atoms with Crippen LogP contribution in [0.25, 0.3) is 11.3 Å². The molecule has 0 atom stereocenters. The van der Waals surface area contributed by atoms with Gasteiger partial charge in [0, 0.05) is 50.9 Å². The molecule has 1 aromatic heterocycles. The number of rotatable bonds is 7. The van der Waals surface area contributed by atoms with Crippen LogP contribution in [0.2, 0.25) is 0 Å². The fourth-order valence-corrected chi connectivity index (χ4v) is 4.14. The van der Waals surface area contributed by atoms with E-state index >= 15 is 0 Å². The highest BCUT2D eigenvalue weighted by Crippen LogP contribution is 2.35. The molecule has 1 amide bonds. The van der Waals surface area contributed by atoms with E-state index in [-0.39, 0.29) is 34.4 Å². The lowest BCUT2D eigenvalue weighted by Crippen LogP contribution is -2.43. The van der Waals surface area contributed by atoms with Gasteiger partial charge in [0.1, 0.15) is 28.9 Å². The summed E-state index contributed by atoms with van der Waals surface area (Å²) in [5, 5.41) is 11.0. The Bertz CT molecular complexity index is 1130. The molecule has 0 unspecified atom stereocenters. The van der Waals surface area contributed by atoms with Gasteiger partial charge in [0.2, 0.25) is 0 Å². The molecule has 35 heavy (non-hydrogen) atoms. The highest BCUT2D eigenvalue weighted by molar-refractivity contribution is 6.19. The molecule has 0 radical (unpaired) electrons. The molecule has 2 heterocycles. The van der Waals surface area contributed by atoms with Crippen molar-refractivity contribution in [2.24, 2.45) is 17.2 Å². The van der Waals surface area contributed by atoms with Crippen LogP contribution in [0, 0.1) is 11.2 Å². The molecule has 2 aromatic rings. The zero-order valence-corrected chi connectivity index (χ0v) is 19.1. The molecule has 1 aliphatic heterocycles. The fraction of sp³-hybridized carbons (Fsp3) is 0.409. The number of aromatic nitrogens is 2. The van der Waals surface area contributed by atoms with Crippen molar-refractivity contribution in [1.82, 2.24) is 19.8 Å². The van der Waals surface area contributed by atoms with E-state index in [1.54, 1.807) is 15.7 Å². The number of hydrogen-bond donors (Lipinski definition) is 5. The number of carbonyl (C=O) groups is 1. The Kier molecular flexibility index (Phi) is 7.68. The summed E-state index contributed by atoms with van der Waals surface area (Å²) >= 11 is 0. The van der Waals surface area contributed by atoms with E-state index in [1.807, 2.05) is 0 Å². The maximum absolute atomic E-state index is 13.7. The number of hydrogen-bond acceptors (Lipinski definition) is 6. The number of carbonyl (C=O) groups excluding carboxylic acids is 1. The monoisotopic (exact) mass is 496 g/mol. The number of benzene rings is 1. The van der Waals surface area contributed by atoms with Gasteiger partial charge in [0.25, 0.3) is 5.91 Å². The number of nitrogens with one attached hydrogen (secondary N) is 2. The van der Waals surface area contributed by atoms with Gasteiger partial charge in [-0.25, -0.2) is 9.37 Å². The highest BCUT2D eigenvalue weighted by atomic mass is 19.4. The number of nitrogens with two attached hydrogens (primary N) is 3. The van der Waals surface area contributed by atoms with Crippen molar-refractivity contribution >= 4 is 11.7 Å². The second-order valence-electron chi connectivity index (χ2n) is 8.17. The molecule has 8 N–H and O–H groups in total. The van der Waals surface area contributed by atoms with Gasteiger partial charge in [0.05, 0.1) is 11.3 Å². The van der Waals surface area contributed by atoms with E-state index in [9.17, 15) is 22.4 Å². The molecule has 1 saturated heterocycles. The fourth-order valence-electron chi connectivity index (χ4n) is 4.14. The summed E-state index contributed by atoms with van der Waals surface area (Å²) in [6, 6.07) is 2.80. The largest absolute Gasteiger partial charge is 0.419 e. The molecular weight excluding hydrogens is 468 g/mol. The van der Waals surface area contributed by atoms with Gasteiger partial charge >= 0.3 is 6.18 Å². The van der Waals surface area contributed by atoms with Crippen LogP contribution in [0.5, 0.6) is 0 Å². The van der Waals surface area contributed by atoms with Crippen molar-refractivity contribution in [3.63, 3.8) is 0 Å². The average molecular weight is 497 g/mol. The van der Waals surface area contributed by atoms with Crippen molar-refractivity contribution in [3.8, 4) is 11.3 Å². The van der Waals surface area contributed by atoms with E-state index in [0.717, 1.165) is 12.1 Å². The number of amides is 1. The number of likely N-dealkylation sites (tertiary alicyclic amines) is 1. The van der Waals surface area contributed by atoms with Crippen LogP contribution in [0.4, 0.5) is 17.6 Å². The molecule has 13 heteroatoms. The summed E-state index contributed by atoms with van der Waals surface area (Å²) < 4.78 is 55.0. The Morgan fingerprint density at radius 1 is 1.26 bits per heavy atom. The van der Waals surface area contributed by atoms with Gasteiger partial charge in [-0.15, -0.1) is 0 Å². The van der Waals surface area contributed by atoms with E-state index in [4.69, 9.17) is 22.6 Å². The molecule has 3 rings (SSSR count). The first kappa shape index (κ1) is 26.0. The number of piperidine rings is 1. The molecule has 9 nitrogen and oxygen atoms in total. The number of nitrogens with zero attached hydrogens (tertiary/aromatic N) is 3. The van der Waals surface area contributed by atoms with E-state index in [1.165, 1.54) is 13.1 Å². The lowest BCUT2D eigenvalue weighted by molar-refractivity contribution is -0.140. The average Bonchev–Trinajstić information content (AvgIpc) is 3.22. The van der Waals surface area contributed by atoms with Crippen LogP contribution in [0.1, 0.15) is 30.1 Å². The first-order chi connectivity index (χ1) is 16.5.